The summed E-state index contributed by atoms with van der Waals surface area (Å²) in [5.74, 6) is -0.943. The summed E-state index contributed by atoms with van der Waals surface area (Å²) in [5, 5.41) is 11.9. The molecule has 0 heterocycles. The number of nitrogens with one attached hydrogen (secondary N) is 1. The molecule has 23 heavy (non-hydrogen) atoms. The van der Waals surface area contributed by atoms with Gasteiger partial charge >= 0.3 is 0 Å². The van der Waals surface area contributed by atoms with Crippen LogP contribution in [0, 0.1) is 17.1 Å². The van der Waals surface area contributed by atoms with Gasteiger partial charge in [0.15, 0.2) is 0 Å². The third-order valence-corrected chi connectivity index (χ3v) is 3.91. The second kappa shape index (κ2) is 7.70. The third kappa shape index (κ3) is 4.51. The Labute approximate surface area is 142 Å². The van der Waals surface area contributed by atoms with Crippen LogP contribution in [0.2, 0.25) is 0 Å². The van der Waals surface area contributed by atoms with Crippen molar-refractivity contribution < 1.29 is 9.18 Å². The Hall–Kier alpha value is -2.45. The van der Waals surface area contributed by atoms with Crippen molar-refractivity contribution in [3.63, 3.8) is 0 Å². The molecule has 0 aliphatic heterocycles. The van der Waals surface area contributed by atoms with Crippen molar-refractivity contribution in [2.75, 3.05) is 0 Å². The van der Waals surface area contributed by atoms with Crippen LogP contribution < -0.4 is 5.32 Å². The number of rotatable bonds is 4. The molecule has 2 aromatic carbocycles. The normalized spacial score (nSPS) is 12.3. The Morgan fingerprint density at radius 2 is 2.00 bits per heavy atom. The van der Waals surface area contributed by atoms with Crippen LogP contribution in [0.5, 0.6) is 0 Å². The first-order valence-corrected chi connectivity index (χ1v) is 7.73. The van der Waals surface area contributed by atoms with Gasteiger partial charge in [-0.15, -0.1) is 0 Å². The van der Waals surface area contributed by atoms with Gasteiger partial charge < -0.3 is 5.32 Å². The predicted molar refractivity (Wildman–Crippen MR) is 90.7 cm³/mol. The molecule has 0 fully saturated rings. The zero-order valence-electron chi connectivity index (χ0n) is 12.4. The van der Waals surface area contributed by atoms with E-state index in [0.717, 1.165) is 5.56 Å². The Morgan fingerprint density at radius 1 is 1.30 bits per heavy atom. The van der Waals surface area contributed by atoms with Crippen LogP contribution in [-0.2, 0) is 4.79 Å². The van der Waals surface area contributed by atoms with E-state index in [2.05, 4.69) is 21.2 Å². The summed E-state index contributed by atoms with van der Waals surface area (Å²) in [6.45, 7) is 1.83. The quantitative estimate of drug-likeness (QED) is 0.639. The maximum atomic E-state index is 13.5. The lowest BCUT2D eigenvalue weighted by Gasteiger charge is -2.13. The molecule has 0 radical (unpaired) electrons. The average molecular weight is 373 g/mol. The monoisotopic (exact) mass is 372 g/mol. The largest absolute Gasteiger partial charge is 0.345 e. The molecule has 3 nitrogen and oxygen atoms in total. The molecule has 0 aromatic heterocycles. The highest BCUT2D eigenvalue weighted by Crippen LogP contribution is 2.18. The van der Waals surface area contributed by atoms with Gasteiger partial charge in [-0.2, -0.15) is 5.26 Å². The molecule has 1 atom stereocenters. The maximum absolute atomic E-state index is 13.5. The smallest absolute Gasteiger partial charge is 0.262 e. The second-order valence-corrected chi connectivity index (χ2v) is 5.80. The SMILES string of the molecule is CC(NC(=O)/C(C#N)=C\c1ccc(Br)c(F)c1)c1ccccc1. The first-order chi connectivity index (χ1) is 11.0. The van der Waals surface area contributed by atoms with Crippen LogP contribution in [0.1, 0.15) is 24.1 Å². The molecule has 0 spiro atoms. The van der Waals surface area contributed by atoms with Crippen LogP contribution >= 0.6 is 15.9 Å². The fourth-order valence-electron chi connectivity index (χ4n) is 2.02. The third-order valence-electron chi connectivity index (χ3n) is 3.27. The Balaban J connectivity index is 2.17. The summed E-state index contributed by atoms with van der Waals surface area (Å²) in [6.07, 6.45) is 1.36. The lowest BCUT2D eigenvalue weighted by atomic mass is 10.1. The number of amides is 1. The Bertz CT molecular complexity index is 781. The molecule has 5 heteroatoms. The number of carbonyl (C=O) groups is 1. The average Bonchev–Trinajstić information content (AvgIpc) is 2.56. The summed E-state index contributed by atoms with van der Waals surface area (Å²) in [7, 11) is 0. The van der Waals surface area contributed by atoms with E-state index in [1.165, 1.54) is 18.2 Å². The number of benzene rings is 2. The van der Waals surface area contributed by atoms with Gasteiger partial charge in [-0.1, -0.05) is 36.4 Å². The van der Waals surface area contributed by atoms with Crippen LogP contribution in [0.15, 0.2) is 58.6 Å². The highest BCUT2D eigenvalue weighted by atomic mass is 79.9. The Morgan fingerprint density at radius 3 is 2.61 bits per heavy atom. The molecule has 0 bridgehead atoms. The number of nitriles is 1. The van der Waals surface area contributed by atoms with Crippen LogP contribution in [-0.4, -0.2) is 5.91 Å². The van der Waals surface area contributed by atoms with E-state index in [4.69, 9.17) is 0 Å². The molecule has 0 saturated heterocycles. The predicted octanol–water partition coefficient (Wildman–Crippen LogP) is 4.37. The van der Waals surface area contributed by atoms with Gasteiger partial charge in [0.05, 0.1) is 10.5 Å². The van der Waals surface area contributed by atoms with E-state index in [1.807, 2.05) is 43.3 Å². The summed E-state index contributed by atoms with van der Waals surface area (Å²) < 4.78 is 13.8. The second-order valence-electron chi connectivity index (χ2n) is 4.95. The number of carbonyl (C=O) groups excluding carboxylic acids is 1. The Kier molecular flexibility index (Phi) is 5.67. The van der Waals surface area contributed by atoms with Crippen molar-refractivity contribution in [2.24, 2.45) is 0 Å². The zero-order valence-corrected chi connectivity index (χ0v) is 14.0. The molecule has 0 aliphatic rings. The van der Waals surface area contributed by atoms with E-state index in [9.17, 15) is 14.4 Å². The fraction of sp³-hybridized carbons (Fsp3) is 0.111. The van der Waals surface area contributed by atoms with E-state index in [1.54, 1.807) is 6.07 Å². The minimum atomic E-state index is -0.493. The van der Waals surface area contributed by atoms with Gasteiger partial charge in [0, 0.05) is 0 Å². The molecule has 2 rings (SSSR count). The van der Waals surface area contributed by atoms with Gasteiger partial charge in [0.1, 0.15) is 17.5 Å². The molecule has 0 aliphatic carbocycles. The van der Waals surface area contributed by atoms with Crippen molar-refractivity contribution >= 4 is 27.9 Å². The van der Waals surface area contributed by atoms with E-state index >= 15 is 0 Å². The molecule has 116 valence electrons. The first-order valence-electron chi connectivity index (χ1n) is 6.94. The molecule has 1 amide bonds. The van der Waals surface area contributed by atoms with E-state index < -0.39 is 11.7 Å². The molecule has 1 N–H and O–H groups in total. The van der Waals surface area contributed by atoms with Crippen molar-refractivity contribution in [1.82, 2.24) is 5.32 Å². The highest BCUT2D eigenvalue weighted by molar-refractivity contribution is 9.10. The van der Waals surface area contributed by atoms with Gasteiger partial charge in [-0.3, -0.25) is 4.79 Å². The van der Waals surface area contributed by atoms with Crippen LogP contribution in [0.3, 0.4) is 0 Å². The number of nitrogens with zero attached hydrogens (tertiary/aromatic N) is 1. The summed E-state index contributed by atoms with van der Waals surface area (Å²) >= 11 is 3.06. The highest BCUT2D eigenvalue weighted by Gasteiger charge is 2.13. The lowest BCUT2D eigenvalue weighted by molar-refractivity contribution is -0.117. The van der Waals surface area contributed by atoms with Crippen LogP contribution in [0.4, 0.5) is 4.39 Å². The van der Waals surface area contributed by atoms with Crippen molar-refractivity contribution in [1.29, 1.82) is 5.26 Å². The van der Waals surface area contributed by atoms with Gasteiger partial charge in [-0.05, 0) is 52.2 Å². The van der Waals surface area contributed by atoms with Gasteiger partial charge in [-0.25, -0.2) is 4.39 Å². The first kappa shape index (κ1) is 16.9. The molecule has 2 aromatic rings. The standard InChI is InChI=1S/C18H14BrFN2O/c1-12(14-5-3-2-4-6-14)22-18(23)15(11-21)9-13-7-8-16(19)17(20)10-13/h2-10,12H,1H3,(H,22,23)/b15-9-. The topological polar surface area (TPSA) is 52.9 Å². The van der Waals surface area contributed by atoms with Crippen molar-refractivity contribution in [3.8, 4) is 6.07 Å². The molecular weight excluding hydrogens is 359 g/mol. The van der Waals surface area contributed by atoms with Crippen molar-refractivity contribution in [2.45, 2.75) is 13.0 Å². The van der Waals surface area contributed by atoms with E-state index in [-0.39, 0.29) is 11.6 Å². The molecule has 0 saturated carbocycles. The minimum absolute atomic E-state index is 0.0745. The summed E-state index contributed by atoms with van der Waals surface area (Å²) in [4.78, 5) is 12.2. The number of halogens is 2. The molecular formula is C18H14BrFN2O. The minimum Gasteiger partial charge on any atom is -0.345 e. The van der Waals surface area contributed by atoms with Crippen LogP contribution in [0.25, 0.3) is 6.08 Å². The maximum Gasteiger partial charge on any atom is 0.262 e. The van der Waals surface area contributed by atoms with Gasteiger partial charge in [0.2, 0.25) is 0 Å². The number of hydrogen-bond donors (Lipinski definition) is 1. The fourth-order valence-corrected chi connectivity index (χ4v) is 2.26. The van der Waals surface area contributed by atoms with Crippen molar-refractivity contribution in [3.05, 3.63) is 75.5 Å². The van der Waals surface area contributed by atoms with Gasteiger partial charge in [0.25, 0.3) is 5.91 Å². The summed E-state index contributed by atoms with van der Waals surface area (Å²) in [6, 6.07) is 15.5. The summed E-state index contributed by atoms with van der Waals surface area (Å²) in [5.41, 5.74) is 1.31. The van der Waals surface area contributed by atoms with E-state index in [0.29, 0.717) is 10.0 Å². The lowest BCUT2D eigenvalue weighted by Crippen LogP contribution is -2.27. The zero-order chi connectivity index (χ0) is 16.8. The number of hydrogen-bond acceptors (Lipinski definition) is 2. The molecule has 1 unspecified atom stereocenters.